The van der Waals surface area contributed by atoms with Crippen molar-refractivity contribution in [3.8, 4) is 0 Å². The van der Waals surface area contributed by atoms with Crippen molar-refractivity contribution in [3.05, 3.63) is 0 Å². The summed E-state index contributed by atoms with van der Waals surface area (Å²) in [5, 5.41) is 17.1. The molecule has 0 amide bonds. The average Bonchev–Trinajstić information content (AvgIpc) is 1.64. The van der Waals surface area contributed by atoms with Crippen LogP contribution in [-0.2, 0) is 0 Å². The lowest BCUT2D eigenvalue weighted by Crippen LogP contribution is -2.43. The third-order valence-electron chi connectivity index (χ3n) is 1.41. The number of hydrogen-bond donors (Lipinski definition) is 2. The van der Waals surface area contributed by atoms with Crippen molar-refractivity contribution >= 4 is 0 Å². The summed E-state index contributed by atoms with van der Waals surface area (Å²) < 4.78 is 0.688. The van der Waals surface area contributed by atoms with Crippen LogP contribution in [0.1, 0.15) is 0 Å². The van der Waals surface area contributed by atoms with E-state index >= 15 is 0 Å². The van der Waals surface area contributed by atoms with Crippen LogP contribution in [0.2, 0.25) is 0 Å². The zero-order chi connectivity index (χ0) is 7.33. The Hall–Kier alpha value is -0.160. The Kier molecular flexibility index (Phi) is 7.02. The van der Waals surface area contributed by atoms with E-state index in [1.54, 1.807) is 0 Å². The maximum absolute atomic E-state index is 8.53. The first-order chi connectivity index (χ1) is 4.12. The number of rotatable bonds is 4. The van der Waals surface area contributed by atoms with Gasteiger partial charge in [0.1, 0.15) is 13.1 Å². The van der Waals surface area contributed by atoms with E-state index in [0.717, 1.165) is 0 Å². The highest BCUT2D eigenvalue weighted by Crippen LogP contribution is 1.92. The predicted molar refractivity (Wildman–Crippen MR) is 37.9 cm³/mol. The second-order valence-electron chi connectivity index (χ2n) is 2.83. The summed E-state index contributed by atoms with van der Waals surface area (Å²) in [6.45, 7) is 1.79. The normalized spacial score (nSPS) is 10.8. The van der Waals surface area contributed by atoms with E-state index < -0.39 is 0 Å². The quantitative estimate of drug-likeness (QED) is 0.499. The van der Waals surface area contributed by atoms with Gasteiger partial charge in [0.25, 0.3) is 0 Å². The Morgan fingerprint density at radius 1 is 1.00 bits per heavy atom. The number of nitrogens with zero attached hydrogens (tertiary/aromatic N) is 1. The molecule has 10 heavy (non-hydrogen) atoms. The van der Waals surface area contributed by atoms with Crippen molar-refractivity contribution in [1.82, 2.24) is 0 Å². The van der Waals surface area contributed by atoms with Crippen LogP contribution in [0, 0.1) is 0 Å². The summed E-state index contributed by atoms with van der Waals surface area (Å²) in [4.78, 5) is 0. The molecule has 0 radical (unpaired) electrons. The molecular formula is C6H17NO3. The topological polar surface area (TPSA) is 70.5 Å². The van der Waals surface area contributed by atoms with Gasteiger partial charge >= 0.3 is 0 Å². The summed E-state index contributed by atoms with van der Waals surface area (Å²) in [5.41, 5.74) is 0. The Labute approximate surface area is 61.6 Å². The maximum atomic E-state index is 8.53. The van der Waals surface area contributed by atoms with E-state index in [9.17, 15) is 0 Å². The van der Waals surface area contributed by atoms with E-state index in [0.29, 0.717) is 17.6 Å². The van der Waals surface area contributed by atoms with Crippen LogP contribution in [0.15, 0.2) is 0 Å². The van der Waals surface area contributed by atoms with Crippen molar-refractivity contribution in [1.29, 1.82) is 0 Å². The highest BCUT2D eigenvalue weighted by atomic mass is 16.3. The molecule has 0 atom stereocenters. The van der Waals surface area contributed by atoms with Crippen LogP contribution in [-0.4, -0.2) is 60.6 Å². The first kappa shape index (κ1) is 12.5. The summed E-state index contributed by atoms with van der Waals surface area (Å²) in [6, 6.07) is 0. The van der Waals surface area contributed by atoms with E-state index in [-0.39, 0.29) is 18.7 Å². The van der Waals surface area contributed by atoms with Gasteiger partial charge in [-0.3, -0.25) is 0 Å². The minimum absolute atomic E-state index is 0. The Bertz CT molecular complexity index is 67.4. The monoisotopic (exact) mass is 151 g/mol. The molecule has 4 heteroatoms. The molecule has 0 fully saturated rings. The number of hydrogen-bond acceptors (Lipinski definition) is 3. The van der Waals surface area contributed by atoms with Gasteiger partial charge < -0.3 is 20.2 Å². The largest absolute Gasteiger partial charge is 0.870 e. The van der Waals surface area contributed by atoms with Gasteiger partial charge in [-0.15, -0.1) is 0 Å². The van der Waals surface area contributed by atoms with Gasteiger partial charge in [-0.1, -0.05) is 0 Å². The van der Waals surface area contributed by atoms with Gasteiger partial charge in [-0.05, 0) is 0 Å². The van der Waals surface area contributed by atoms with Crippen molar-refractivity contribution in [2.24, 2.45) is 0 Å². The van der Waals surface area contributed by atoms with Crippen molar-refractivity contribution in [2.75, 3.05) is 40.4 Å². The van der Waals surface area contributed by atoms with Crippen molar-refractivity contribution in [2.45, 2.75) is 0 Å². The molecule has 0 rings (SSSR count). The number of quaternary nitrogens is 1. The Balaban J connectivity index is 0. The Morgan fingerprint density at radius 2 is 1.30 bits per heavy atom. The minimum atomic E-state index is 0. The second kappa shape index (κ2) is 5.61. The molecule has 3 N–H and O–H groups in total. The first-order valence-electron chi connectivity index (χ1n) is 3.16. The maximum Gasteiger partial charge on any atom is 0.102 e. The summed E-state index contributed by atoms with van der Waals surface area (Å²) in [5.74, 6) is 0. The molecule has 0 aromatic carbocycles. The number of aliphatic hydroxyl groups excluding tert-OH is 2. The van der Waals surface area contributed by atoms with Crippen LogP contribution in [0.25, 0.3) is 0 Å². The zero-order valence-electron chi connectivity index (χ0n) is 6.62. The van der Waals surface area contributed by atoms with Gasteiger partial charge in [-0.25, -0.2) is 0 Å². The molecule has 0 aromatic heterocycles. The lowest BCUT2D eigenvalue weighted by Gasteiger charge is -2.27. The smallest absolute Gasteiger partial charge is 0.102 e. The van der Waals surface area contributed by atoms with E-state index in [1.807, 2.05) is 14.1 Å². The van der Waals surface area contributed by atoms with Crippen molar-refractivity contribution in [3.63, 3.8) is 0 Å². The lowest BCUT2D eigenvalue weighted by molar-refractivity contribution is -0.890. The van der Waals surface area contributed by atoms with Gasteiger partial charge in [0, 0.05) is 0 Å². The molecule has 0 aromatic rings. The Morgan fingerprint density at radius 3 is 1.50 bits per heavy atom. The highest BCUT2D eigenvalue weighted by Gasteiger charge is 2.11. The zero-order valence-corrected chi connectivity index (χ0v) is 6.62. The van der Waals surface area contributed by atoms with Crippen LogP contribution in [0.3, 0.4) is 0 Å². The molecule has 0 saturated heterocycles. The summed E-state index contributed by atoms with van der Waals surface area (Å²) >= 11 is 0. The third-order valence-corrected chi connectivity index (χ3v) is 1.41. The SMILES string of the molecule is C[N+](C)(CCO)CCO.[OH-]. The van der Waals surface area contributed by atoms with Crippen LogP contribution in [0.5, 0.6) is 0 Å². The summed E-state index contributed by atoms with van der Waals surface area (Å²) in [6.07, 6.45) is 0. The van der Waals surface area contributed by atoms with Crippen molar-refractivity contribution < 1.29 is 20.2 Å². The van der Waals surface area contributed by atoms with E-state index in [2.05, 4.69) is 0 Å². The molecule has 0 bridgehead atoms. The fraction of sp³-hybridized carbons (Fsp3) is 1.00. The average molecular weight is 151 g/mol. The molecular weight excluding hydrogens is 134 g/mol. The predicted octanol–water partition coefficient (Wildman–Crippen LogP) is -1.13. The van der Waals surface area contributed by atoms with E-state index in [1.165, 1.54) is 0 Å². The van der Waals surface area contributed by atoms with Gasteiger partial charge in [0.05, 0.1) is 27.3 Å². The molecule has 0 heterocycles. The molecule has 64 valence electrons. The summed E-state index contributed by atoms with van der Waals surface area (Å²) in [7, 11) is 3.96. The fourth-order valence-corrected chi connectivity index (χ4v) is 0.653. The minimum Gasteiger partial charge on any atom is -0.870 e. The van der Waals surface area contributed by atoms with E-state index in [4.69, 9.17) is 10.2 Å². The van der Waals surface area contributed by atoms with Gasteiger partial charge in [0.2, 0.25) is 0 Å². The fourth-order valence-electron chi connectivity index (χ4n) is 0.653. The number of aliphatic hydroxyl groups is 2. The highest BCUT2D eigenvalue weighted by molar-refractivity contribution is 4.29. The van der Waals surface area contributed by atoms with Gasteiger partial charge in [0.15, 0.2) is 0 Å². The molecule has 0 aliphatic carbocycles. The number of likely N-dealkylation sites (N-methyl/N-ethyl adjacent to an activating group) is 1. The first-order valence-corrected chi connectivity index (χ1v) is 3.16. The molecule has 0 spiro atoms. The van der Waals surface area contributed by atoms with Crippen LogP contribution < -0.4 is 0 Å². The lowest BCUT2D eigenvalue weighted by atomic mass is 10.4. The van der Waals surface area contributed by atoms with Crippen LogP contribution >= 0.6 is 0 Å². The standard InChI is InChI=1S/C6H16NO2.H2O/c1-7(2,3-5-8)4-6-9;/h8-9H,3-6H2,1-2H3;1H2/q+1;/p-1. The molecule has 0 unspecified atom stereocenters. The van der Waals surface area contributed by atoms with Gasteiger partial charge in [-0.2, -0.15) is 0 Å². The molecule has 4 nitrogen and oxygen atoms in total. The molecule has 0 aliphatic rings. The molecule has 0 aliphatic heterocycles. The third kappa shape index (κ3) is 5.97. The van der Waals surface area contributed by atoms with Crippen LogP contribution in [0.4, 0.5) is 0 Å². The second-order valence-corrected chi connectivity index (χ2v) is 2.83. The molecule has 0 saturated carbocycles.